The minimum atomic E-state index is -1.38. The fourth-order valence-corrected chi connectivity index (χ4v) is 6.53. The van der Waals surface area contributed by atoms with Crippen molar-refractivity contribution in [3.63, 3.8) is 0 Å². The van der Waals surface area contributed by atoms with E-state index >= 15 is 0 Å². The number of pyridine rings is 1. The molecule has 0 aliphatic heterocycles. The first-order valence-corrected chi connectivity index (χ1v) is 18.0. The number of benzene rings is 4. The van der Waals surface area contributed by atoms with E-state index in [1.165, 1.54) is 42.7 Å². The lowest BCUT2D eigenvalue weighted by atomic mass is 9.98. The lowest BCUT2D eigenvalue weighted by Gasteiger charge is -2.27. The zero-order chi connectivity index (χ0) is 39.8. The molecule has 4 aromatic carbocycles. The van der Waals surface area contributed by atoms with Crippen molar-refractivity contribution < 1.29 is 38.3 Å². The number of hydrogen-bond donors (Lipinski definition) is 1. The summed E-state index contributed by atoms with van der Waals surface area (Å²) < 4.78 is 34.2. The van der Waals surface area contributed by atoms with Crippen LogP contribution in [0.3, 0.4) is 0 Å². The van der Waals surface area contributed by atoms with Crippen LogP contribution >= 0.6 is 0 Å². The first-order valence-electron chi connectivity index (χ1n) is 18.0. The van der Waals surface area contributed by atoms with E-state index < -0.39 is 6.09 Å². The van der Waals surface area contributed by atoms with E-state index in [2.05, 4.69) is 5.32 Å². The summed E-state index contributed by atoms with van der Waals surface area (Å²) in [5, 5.41) is 16.4. The van der Waals surface area contributed by atoms with E-state index in [4.69, 9.17) is 43.4 Å². The molecule has 0 atom stereocenters. The van der Waals surface area contributed by atoms with Crippen molar-refractivity contribution in [1.29, 1.82) is 0 Å². The second-order valence-electron chi connectivity index (χ2n) is 12.6. The minimum absolute atomic E-state index is 0.138. The van der Waals surface area contributed by atoms with Crippen molar-refractivity contribution in [2.45, 2.75) is 25.8 Å². The molecule has 0 radical (unpaired) electrons. The Hall–Kier alpha value is -6.76. The van der Waals surface area contributed by atoms with Crippen LogP contribution < -0.4 is 43.7 Å². The topological polar surface area (TPSA) is 149 Å². The number of anilines is 2. The first kappa shape index (κ1) is 38.9. The molecule has 0 bridgehead atoms. The third kappa shape index (κ3) is 7.88. The van der Waals surface area contributed by atoms with Crippen molar-refractivity contribution in [1.82, 2.24) is 15.0 Å². The number of nitrogens with zero attached hydrogens (tertiary/aromatic N) is 4. The lowest BCUT2D eigenvalue weighted by molar-refractivity contribution is -0.246. The molecular weight excluding hydrogens is 714 g/mol. The molecule has 290 valence electrons. The number of ether oxygens (including phenoxy) is 6. The highest BCUT2D eigenvalue weighted by molar-refractivity contribution is 5.95. The maximum absolute atomic E-state index is 12.7. The zero-order valence-corrected chi connectivity index (χ0v) is 32.4. The van der Waals surface area contributed by atoms with Gasteiger partial charge in [0, 0.05) is 23.7 Å². The highest BCUT2D eigenvalue weighted by atomic mass is 16.5. The van der Waals surface area contributed by atoms with Crippen LogP contribution in [-0.4, -0.2) is 70.2 Å². The number of carboxylic acid groups (broad SMARTS) is 1. The third-order valence-electron chi connectivity index (χ3n) is 9.30. The molecule has 56 heavy (non-hydrogen) atoms. The van der Waals surface area contributed by atoms with Gasteiger partial charge in [0.2, 0.25) is 11.5 Å². The summed E-state index contributed by atoms with van der Waals surface area (Å²) in [6.45, 7) is 2.16. The van der Waals surface area contributed by atoms with Crippen LogP contribution in [0.2, 0.25) is 0 Å². The quantitative estimate of drug-likeness (QED) is 0.104. The average molecular weight is 759 g/mol. The largest absolute Gasteiger partial charge is 0.530 e. The van der Waals surface area contributed by atoms with Crippen molar-refractivity contribution in [3.8, 4) is 57.0 Å². The Bertz CT molecular complexity index is 2220. The molecule has 0 saturated heterocycles. The summed E-state index contributed by atoms with van der Waals surface area (Å²) >= 11 is 0. The summed E-state index contributed by atoms with van der Waals surface area (Å²) in [6, 6.07) is 28.3. The molecule has 0 spiro atoms. The molecule has 13 heteroatoms. The van der Waals surface area contributed by atoms with E-state index in [0.717, 1.165) is 22.4 Å². The van der Waals surface area contributed by atoms with Gasteiger partial charge in [-0.15, -0.1) is 0 Å². The number of aromatic nitrogens is 3. The molecule has 1 amide bonds. The third-order valence-corrected chi connectivity index (χ3v) is 9.30. The average Bonchev–Trinajstić information content (AvgIpc) is 3.24. The molecule has 0 aliphatic rings. The van der Waals surface area contributed by atoms with Gasteiger partial charge in [-0.25, -0.2) is 15.0 Å². The summed E-state index contributed by atoms with van der Waals surface area (Å²) in [7, 11) is 9.19. The molecule has 2 aromatic heterocycles. The summed E-state index contributed by atoms with van der Waals surface area (Å²) in [5.74, 6) is 2.51. The van der Waals surface area contributed by atoms with Gasteiger partial charge in [0.05, 0.1) is 65.8 Å². The van der Waals surface area contributed by atoms with Crippen molar-refractivity contribution in [2.75, 3.05) is 59.4 Å². The Morgan fingerprint density at radius 1 is 0.661 bits per heavy atom. The Morgan fingerprint density at radius 2 is 1.12 bits per heavy atom. The monoisotopic (exact) mass is 758 g/mol. The predicted octanol–water partition coefficient (Wildman–Crippen LogP) is 7.56. The molecule has 13 nitrogen and oxygen atoms in total. The molecular formula is C43H44N5O8-. The summed E-state index contributed by atoms with van der Waals surface area (Å²) in [6.07, 6.45) is -0.0310. The van der Waals surface area contributed by atoms with E-state index in [0.29, 0.717) is 74.6 Å². The molecule has 0 unspecified atom stereocenters. The van der Waals surface area contributed by atoms with Gasteiger partial charge in [0.1, 0.15) is 17.4 Å². The smallest absolute Gasteiger partial charge is 0.203 e. The number of rotatable bonds is 16. The van der Waals surface area contributed by atoms with E-state index in [9.17, 15) is 9.90 Å². The molecule has 0 saturated carbocycles. The summed E-state index contributed by atoms with van der Waals surface area (Å²) in [5.41, 5.74) is 4.90. The number of carbonyl (C=O) groups is 1. The molecule has 0 fully saturated rings. The number of nitrogens with one attached hydrogen (secondary N) is 1. The number of unbranched alkanes of at least 4 members (excludes halogenated alkanes) is 1. The Morgan fingerprint density at radius 3 is 1.54 bits per heavy atom. The maximum Gasteiger partial charge on any atom is 0.203 e. The Kier molecular flexibility index (Phi) is 12.2. The van der Waals surface area contributed by atoms with Crippen molar-refractivity contribution in [2.24, 2.45) is 0 Å². The Balaban J connectivity index is 1.72. The van der Waals surface area contributed by atoms with Crippen LogP contribution in [0.25, 0.3) is 33.7 Å². The van der Waals surface area contributed by atoms with E-state index in [1.807, 2.05) is 67.6 Å². The molecule has 6 aromatic rings. The second kappa shape index (κ2) is 17.6. The van der Waals surface area contributed by atoms with Crippen LogP contribution in [0.15, 0.2) is 91.0 Å². The van der Waals surface area contributed by atoms with Crippen molar-refractivity contribution >= 4 is 28.8 Å². The fourth-order valence-electron chi connectivity index (χ4n) is 6.53. The van der Waals surface area contributed by atoms with E-state index in [1.54, 1.807) is 30.3 Å². The zero-order valence-electron chi connectivity index (χ0n) is 32.4. The van der Waals surface area contributed by atoms with Gasteiger partial charge < -0.3 is 48.5 Å². The van der Waals surface area contributed by atoms with Gasteiger partial charge >= 0.3 is 0 Å². The molecule has 2 heterocycles. The number of methoxy groups -OCH3 is 6. The standard InChI is InChI=1S/C43H45N5O8/c1-8-9-20-48(43(49)50)35-25-30(44-36(26-16-12-10-13-17-26)27-18-14-11-15-19-27)39-42(45-35)47-38(29-23-33(53-4)41(56-7)34(24-29)54-5)37(46-39)28-21-31(51-2)40(55-6)32(22-28)52-3/h10-19,21-25,36H,8-9,20H2,1-7H3,(H,49,50)(H,44,45,47)/p-1. The predicted molar refractivity (Wildman–Crippen MR) is 214 cm³/mol. The van der Waals surface area contributed by atoms with E-state index in [-0.39, 0.29) is 24.1 Å². The molecule has 6 rings (SSSR count). The van der Waals surface area contributed by atoms with Gasteiger partial charge in [0.15, 0.2) is 28.6 Å². The number of amides is 1. The maximum atomic E-state index is 12.7. The van der Waals surface area contributed by atoms with Gasteiger partial charge in [-0.05, 0) is 41.8 Å². The van der Waals surface area contributed by atoms with Gasteiger partial charge in [-0.2, -0.15) is 0 Å². The molecule has 1 N–H and O–H groups in total. The summed E-state index contributed by atoms with van der Waals surface area (Å²) in [4.78, 5) is 29.1. The number of carbonyl (C=O) groups excluding carboxylic acids is 1. The van der Waals surface area contributed by atoms with Crippen LogP contribution in [0.4, 0.5) is 16.3 Å². The number of fused-ring (bicyclic) bond motifs is 1. The van der Waals surface area contributed by atoms with Gasteiger partial charge in [0.25, 0.3) is 0 Å². The first-order chi connectivity index (χ1) is 27.3. The van der Waals surface area contributed by atoms with Gasteiger partial charge in [-0.3, -0.25) is 0 Å². The van der Waals surface area contributed by atoms with Crippen LogP contribution in [0.5, 0.6) is 34.5 Å². The highest BCUT2D eigenvalue weighted by Gasteiger charge is 2.26. The van der Waals surface area contributed by atoms with Crippen LogP contribution in [0, 0.1) is 0 Å². The van der Waals surface area contributed by atoms with Crippen LogP contribution in [0.1, 0.15) is 36.9 Å². The second-order valence-corrected chi connectivity index (χ2v) is 12.6. The fraction of sp³-hybridized carbons (Fsp3) is 0.256. The minimum Gasteiger partial charge on any atom is -0.530 e. The molecule has 0 aliphatic carbocycles. The van der Waals surface area contributed by atoms with Gasteiger partial charge in [-0.1, -0.05) is 74.0 Å². The SMILES string of the molecule is CCCCN(C(=O)[O-])c1cc(NC(c2ccccc2)c2ccccc2)c2nc(-c3cc(OC)c(OC)c(OC)c3)c(-c3cc(OC)c(OC)c(OC)c3)nc2n1. The lowest BCUT2D eigenvalue weighted by Crippen LogP contribution is -2.42. The van der Waals surface area contributed by atoms with Crippen LogP contribution in [-0.2, 0) is 0 Å². The normalized spacial score (nSPS) is 10.9. The number of hydrogen-bond acceptors (Lipinski definition) is 12. The Labute approximate surface area is 325 Å². The van der Waals surface area contributed by atoms with Crippen molar-refractivity contribution in [3.05, 3.63) is 102 Å². The highest BCUT2D eigenvalue weighted by Crippen LogP contribution is 2.46.